The number of carboxylic acid groups (broad SMARTS) is 1. The van der Waals surface area contributed by atoms with Crippen molar-refractivity contribution in [2.24, 2.45) is 0 Å². The van der Waals surface area contributed by atoms with E-state index in [0.717, 1.165) is 42.5 Å². The summed E-state index contributed by atoms with van der Waals surface area (Å²) in [6, 6.07) is 7.78. The van der Waals surface area contributed by atoms with Gasteiger partial charge in [-0.1, -0.05) is 35.9 Å². The third-order valence-corrected chi connectivity index (χ3v) is 4.02. The summed E-state index contributed by atoms with van der Waals surface area (Å²) in [5.74, 6) is 0.809. The first-order chi connectivity index (χ1) is 10.1. The molecule has 0 saturated carbocycles. The van der Waals surface area contributed by atoms with Gasteiger partial charge in [-0.25, -0.2) is 4.79 Å². The number of hydrogen-bond donors (Lipinski definition) is 2. The number of nitrogens with one attached hydrogen (secondary N) is 1. The van der Waals surface area contributed by atoms with E-state index < -0.39 is 6.09 Å². The fourth-order valence-corrected chi connectivity index (χ4v) is 2.90. The van der Waals surface area contributed by atoms with Gasteiger partial charge >= 0.3 is 6.09 Å². The number of amides is 1. The number of halogens is 1. The van der Waals surface area contributed by atoms with Crippen LogP contribution in [-0.4, -0.2) is 40.5 Å². The fraction of sp³-hybridized carbons (Fsp3) is 0.357. The van der Waals surface area contributed by atoms with E-state index in [2.05, 4.69) is 20.4 Å². The molecular formula is C14H15ClN4O2. The standard InChI is InChI=1S/C14H15ClN4O2/c15-12-10-3-1-2-4-11(10)13(18-17-12)19-7-5-9(6-8-19)16-14(20)21/h1-4,9,16H,5-8H2,(H,20,21). The van der Waals surface area contributed by atoms with E-state index in [4.69, 9.17) is 16.7 Å². The first-order valence-electron chi connectivity index (χ1n) is 6.80. The molecule has 0 spiro atoms. The number of fused-ring (bicyclic) bond motifs is 1. The minimum absolute atomic E-state index is 0.00488. The van der Waals surface area contributed by atoms with Gasteiger partial charge in [0.1, 0.15) is 0 Å². The van der Waals surface area contributed by atoms with Crippen molar-refractivity contribution in [2.45, 2.75) is 18.9 Å². The van der Waals surface area contributed by atoms with E-state index in [-0.39, 0.29) is 6.04 Å². The van der Waals surface area contributed by atoms with Crippen molar-refractivity contribution in [3.63, 3.8) is 0 Å². The summed E-state index contributed by atoms with van der Waals surface area (Å²) in [5, 5.41) is 21.8. The Morgan fingerprint density at radius 3 is 2.57 bits per heavy atom. The highest BCUT2D eigenvalue weighted by Crippen LogP contribution is 2.29. The van der Waals surface area contributed by atoms with Gasteiger partial charge in [0.15, 0.2) is 11.0 Å². The van der Waals surface area contributed by atoms with Gasteiger partial charge < -0.3 is 15.3 Å². The number of benzene rings is 1. The van der Waals surface area contributed by atoms with Gasteiger partial charge in [-0.2, -0.15) is 0 Å². The molecule has 0 atom stereocenters. The molecule has 2 heterocycles. The van der Waals surface area contributed by atoms with Gasteiger partial charge in [0, 0.05) is 29.9 Å². The lowest BCUT2D eigenvalue weighted by Gasteiger charge is -2.32. The lowest BCUT2D eigenvalue weighted by molar-refractivity contribution is 0.187. The molecule has 0 radical (unpaired) electrons. The van der Waals surface area contributed by atoms with Crippen molar-refractivity contribution >= 4 is 34.3 Å². The van der Waals surface area contributed by atoms with E-state index in [0.29, 0.717) is 5.15 Å². The summed E-state index contributed by atoms with van der Waals surface area (Å²) in [4.78, 5) is 12.8. The maximum Gasteiger partial charge on any atom is 0.404 e. The Labute approximate surface area is 126 Å². The summed E-state index contributed by atoms with van der Waals surface area (Å²) in [6.07, 6.45) is 0.542. The monoisotopic (exact) mass is 306 g/mol. The quantitative estimate of drug-likeness (QED) is 0.891. The summed E-state index contributed by atoms with van der Waals surface area (Å²) >= 11 is 6.08. The number of anilines is 1. The minimum atomic E-state index is -0.967. The van der Waals surface area contributed by atoms with Crippen LogP contribution in [0.1, 0.15) is 12.8 Å². The summed E-state index contributed by atoms with van der Waals surface area (Å²) in [5.41, 5.74) is 0. The first kappa shape index (κ1) is 13.9. The molecular weight excluding hydrogens is 292 g/mol. The molecule has 1 aromatic carbocycles. The van der Waals surface area contributed by atoms with E-state index >= 15 is 0 Å². The Bertz CT molecular complexity index is 671. The third-order valence-electron chi connectivity index (χ3n) is 3.74. The van der Waals surface area contributed by atoms with Crippen molar-refractivity contribution in [1.82, 2.24) is 15.5 Å². The SMILES string of the molecule is O=C(O)NC1CCN(c2nnc(Cl)c3ccccc23)CC1. The Balaban J connectivity index is 1.83. The van der Waals surface area contributed by atoms with E-state index in [1.54, 1.807) is 0 Å². The first-order valence-corrected chi connectivity index (χ1v) is 7.18. The molecule has 1 aliphatic heterocycles. The predicted octanol–water partition coefficient (Wildman–Crippen LogP) is 2.52. The molecule has 0 aliphatic carbocycles. The van der Waals surface area contributed by atoms with Crippen LogP contribution in [0.15, 0.2) is 24.3 Å². The van der Waals surface area contributed by atoms with Crippen LogP contribution in [0.4, 0.5) is 10.6 Å². The summed E-state index contributed by atoms with van der Waals surface area (Å²) < 4.78 is 0. The number of aromatic nitrogens is 2. The Morgan fingerprint density at radius 2 is 1.90 bits per heavy atom. The molecule has 1 amide bonds. The Kier molecular flexibility index (Phi) is 3.79. The number of piperidine rings is 1. The molecule has 0 bridgehead atoms. The molecule has 2 aromatic rings. The fourth-order valence-electron chi connectivity index (χ4n) is 2.70. The van der Waals surface area contributed by atoms with Crippen LogP contribution < -0.4 is 10.2 Å². The minimum Gasteiger partial charge on any atom is -0.465 e. The molecule has 1 saturated heterocycles. The number of hydrogen-bond acceptors (Lipinski definition) is 4. The largest absolute Gasteiger partial charge is 0.465 e. The lowest BCUT2D eigenvalue weighted by atomic mass is 10.0. The van der Waals surface area contributed by atoms with Crippen molar-refractivity contribution in [1.29, 1.82) is 0 Å². The average Bonchev–Trinajstić information content (AvgIpc) is 2.48. The lowest BCUT2D eigenvalue weighted by Crippen LogP contribution is -2.44. The van der Waals surface area contributed by atoms with Crippen LogP contribution >= 0.6 is 11.6 Å². The van der Waals surface area contributed by atoms with Gasteiger partial charge in [-0.15, -0.1) is 10.2 Å². The highest BCUT2D eigenvalue weighted by atomic mass is 35.5. The van der Waals surface area contributed by atoms with Crippen molar-refractivity contribution in [3.05, 3.63) is 29.4 Å². The van der Waals surface area contributed by atoms with Gasteiger partial charge in [0.2, 0.25) is 0 Å². The maximum absolute atomic E-state index is 10.7. The predicted molar refractivity (Wildman–Crippen MR) is 80.9 cm³/mol. The average molecular weight is 307 g/mol. The van der Waals surface area contributed by atoms with Crippen LogP contribution in [-0.2, 0) is 0 Å². The second-order valence-corrected chi connectivity index (χ2v) is 5.43. The van der Waals surface area contributed by atoms with Gasteiger partial charge in [-0.3, -0.25) is 0 Å². The smallest absolute Gasteiger partial charge is 0.404 e. The molecule has 0 unspecified atom stereocenters. The molecule has 2 N–H and O–H groups in total. The second-order valence-electron chi connectivity index (χ2n) is 5.07. The molecule has 6 nitrogen and oxygen atoms in total. The second kappa shape index (κ2) is 5.73. The maximum atomic E-state index is 10.7. The number of carbonyl (C=O) groups is 1. The molecule has 1 fully saturated rings. The van der Waals surface area contributed by atoms with E-state index in [9.17, 15) is 4.79 Å². The van der Waals surface area contributed by atoms with Crippen LogP contribution in [0.2, 0.25) is 5.15 Å². The number of nitrogens with zero attached hydrogens (tertiary/aromatic N) is 3. The summed E-state index contributed by atoms with van der Waals surface area (Å²) in [7, 11) is 0. The Hall–Kier alpha value is -2.08. The van der Waals surface area contributed by atoms with Crippen molar-refractivity contribution < 1.29 is 9.90 Å². The summed E-state index contributed by atoms with van der Waals surface area (Å²) in [6.45, 7) is 1.48. The van der Waals surface area contributed by atoms with Crippen LogP contribution in [0, 0.1) is 0 Å². The van der Waals surface area contributed by atoms with Gasteiger partial charge in [-0.05, 0) is 12.8 Å². The van der Waals surface area contributed by atoms with E-state index in [1.165, 1.54) is 0 Å². The highest BCUT2D eigenvalue weighted by molar-refractivity contribution is 6.34. The molecule has 21 heavy (non-hydrogen) atoms. The molecule has 110 valence electrons. The van der Waals surface area contributed by atoms with Crippen LogP contribution in [0.5, 0.6) is 0 Å². The van der Waals surface area contributed by atoms with Crippen molar-refractivity contribution in [2.75, 3.05) is 18.0 Å². The molecule has 1 aromatic heterocycles. The van der Waals surface area contributed by atoms with Gasteiger partial charge in [0.25, 0.3) is 0 Å². The van der Waals surface area contributed by atoms with Gasteiger partial charge in [0.05, 0.1) is 0 Å². The van der Waals surface area contributed by atoms with Crippen LogP contribution in [0.3, 0.4) is 0 Å². The number of rotatable bonds is 2. The topological polar surface area (TPSA) is 78.4 Å². The molecule has 3 rings (SSSR count). The van der Waals surface area contributed by atoms with Crippen LogP contribution in [0.25, 0.3) is 10.8 Å². The molecule has 7 heteroatoms. The van der Waals surface area contributed by atoms with Crippen molar-refractivity contribution in [3.8, 4) is 0 Å². The third kappa shape index (κ3) is 2.85. The van der Waals surface area contributed by atoms with E-state index in [1.807, 2.05) is 24.3 Å². The zero-order valence-corrected chi connectivity index (χ0v) is 12.0. The Morgan fingerprint density at radius 1 is 1.24 bits per heavy atom. The normalized spacial score (nSPS) is 16.1. The zero-order valence-electron chi connectivity index (χ0n) is 11.3. The zero-order chi connectivity index (χ0) is 14.8. The molecule has 1 aliphatic rings. The highest BCUT2D eigenvalue weighted by Gasteiger charge is 2.23.